The predicted octanol–water partition coefficient (Wildman–Crippen LogP) is 8.80. The van der Waals surface area contributed by atoms with E-state index in [1.807, 2.05) is 92.0 Å². The Labute approximate surface area is 284 Å². The van der Waals surface area contributed by atoms with Gasteiger partial charge < -0.3 is 16.0 Å². The number of aromatic nitrogens is 1. The quantitative estimate of drug-likeness (QED) is 0.0940. The normalized spacial score (nSPS) is 11.8. The Balaban J connectivity index is 1.27. The molecule has 0 fully saturated rings. The maximum Gasteiger partial charge on any atom is 0.272 e. The van der Waals surface area contributed by atoms with Crippen LogP contribution in [0.15, 0.2) is 124 Å². The molecule has 1 aromatic heterocycles. The molecule has 7 nitrogen and oxygen atoms in total. The smallest absolute Gasteiger partial charge is 0.272 e. The molecule has 10 heteroatoms. The Morgan fingerprint density at radius 1 is 0.913 bits per heavy atom. The molecule has 0 aliphatic heterocycles. The number of carbonyl (C=O) groups is 3. The van der Waals surface area contributed by atoms with Crippen LogP contribution in [-0.4, -0.2) is 28.0 Å². The summed E-state index contributed by atoms with van der Waals surface area (Å²) in [6.45, 7) is 3.94. The largest absolute Gasteiger partial charge is 0.321 e. The second-order valence-corrected chi connectivity index (χ2v) is 13.4. The predicted molar refractivity (Wildman–Crippen MR) is 192 cm³/mol. The van der Waals surface area contributed by atoms with Crippen molar-refractivity contribution in [2.24, 2.45) is 0 Å². The molecule has 0 radical (unpaired) electrons. The Bertz CT molecular complexity index is 1860. The molecule has 232 valence electrons. The van der Waals surface area contributed by atoms with Crippen molar-refractivity contribution in [3.8, 4) is 11.3 Å². The summed E-state index contributed by atoms with van der Waals surface area (Å²) in [6.07, 6.45) is 2.24. The number of thioether (sulfide) groups is 1. The van der Waals surface area contributed by atoms with E-state index >= 15 is 0 Å². The molecule has 0 bridgehead atoms. The first-order valence-electron chi connectivity index (χ1n) is 14.5. The Morgan fingerprint density at radius 3 is 2.37 bits per heavy atom. The molecule has 0 saturated carbocycles. The Kier molecular flexibility index (Phi) is 11.2. The summed E-state index contributed by atoms with van der Waals surface area (Å²) in [5, 5.41) is 10.7. The van der Waals surface area contributed by atoms with E-state index in [2.05, 4.69) is 36.9 Å². The van der Waals surface area contributed by atoms with Gasteiger partial charge in [-0.15, -0.1) is 23.1 Å². The van der Waals surface area contributed by atoms with Crippen molar-refractivity contribution in [2.45, 2.75) is 30.4 Å². The van der Waals surface area contributed by atoms with Crippen molar-refractivity contribution < 1.29 is 14.4 Å². The van der Waals surface area contributed by atoms with Crippen LogP contribution in [0.2, 0.25) is 0 Å². The van der Waals surface area contributed by atoms with Crippen molar-refractivity contribution in [2.75, 3.05) is 10.6 Å². The molecular weight excluding hydrogens is 680 g/mol. The van der Waals surface area contributed by atoms with Crippen molar-refractivity contribution >= 4 is 73.6 Å². The van der Waals surface area contributed by atoms with Gasteiger partial charge in [-0.05, 0) is 67.4 Å². The summed E-state index contributed by atoms with van der Waals surface area (Å²) in [4.78, 5) is 45.1. The first-order chi connectivity index (χ1) is 22.3. The van der Waals surface area contributed by atoms with Gasteiger partial charge in [0, 0.05) is 31.6 Å². The second-order valence-electron chi connectivity index (χ2n) is 10.3. The van der Waals surface area contributed by atoms with Gasteiger partial charge in [0.15, 0.2) is 5.13 Å². The second kappa shape index (κ2) is 15.7. The highest BCUT2D eigenvalue weighted by atomic mass is 79.9. The monoisotopic (exact) mass is 710 g/mol. The summed E-state index contributed by atoms with van der Waals surface area (Å²) in [5.74, 6) is -1.01. The van der Waals surface area contributed by atoms with E-state index in [4.69, 9.17) is 0 Å². The van der Waals surface area contributed by atoms with Gasteiger partial charge in [0.05, 0.1) is 10.9 Å². The minimum atomic E-state index is -0.470. The maximum absolute atomic E-state index is 13.5. The van der Waals surface area contributed by atoms with Crippen LogP contribution in [0.4, 0.5) is 10.8 Å². The lowest BCUT2D eigenvalue weighted by atomic mass is 10.1. The number of halogens is 1. The number of nitrogens with one attached hydrogen (secondary N) is 3. The van der Waals surface area contributed by atoms with Crippen LogP contribution < -0.4 is 16.0 Å². The third-order valence-electron chi connectivity index (χ3n) is 6.82. The Morgan fingerprint density at radius 2 is 1.65 bits per heavy atom. The lowest BCUT2D eigenvalue weighted by Crippen LogP contribution is -2.30. The van der Waals surface area contributed by atoms with Crippen molar-refractivity contribution in [3.05, 3.63) is 135 Å². The van der Waals surface area contributed by atoms with E-state index in [-0.39, 0.29) is 22.8 Å². The van der Waals surface area contributed by atoms with Crippen LogP contribution in [0.5, 0.6) is 0 Å². The molecule has 5 rings (SSSR count). The lowest BCUT2D eigenvalue weighted by molar-refractivity contribution is -0.116. The van der Waals surface area contributed by atoms with Gasteiger partial charge in [-0.25, -0.2) is 4.98 Å². The van der Waals surface area contributed by atoms with E-state index in [0.717, 1.165) is 31.8 Å². The van der Waals surface area contributed by atoms with Gasteiger partial charge in [0.1, 0.15) is 5.70 Å². The molecule has 1 unspecified atom stereocenters. The zero-order valence-corrected chi connectivity index (χ0v) is 28.3. The number of hydrogen-bond donors (Lipinski definition) is 3. The number of rotatable bonds is 11. The zero-order chi connectivity index (χ0) is 32.5. The molecule has 4 aromatic carbocycles. The molecule has 46 heavy (non-hydrogen) atoms. The molecule has 0 aliphatic carbocycles. The molecule has 1 heterocycles. The lowest BCUT2D eigenvalue weighted by Gasteiger charge is -2.15. The summed E-state index contributed by atoms with van der Waals surface area (Å²) >= 11 is 6.23. The van der Waals surface area contributed by atoms with Crippen LogP contribution in [0, 0.1) is 6.92 Å². The number of hydrogen-bond acceptors (Lipinski definition) is 6. The van der Waals surface area contributed by atoms with Crippen LogP contribution in [0.3, 0.4) is 0 Å². The van der Waals surface area contributed by atoms with Gasteiger partial charge in [0.25, 0.3) is 11.8 Å². The minimum Gasteiger partial charge on any atom is -0.321 e. The summed E-state index contributed by atoms with van der Waals surface area (Å²) in [7, 11) is 0. The summed E-state index contributed by atoms with van der Waals surface area (Å²) < 4.78 is 0.987. The van der Waals surface area contributed by atoms with E-state index in [1.54, 1.807) is 36.4 Å². The fourth-order valence-electron chi connectivity index (χ4n) is 4.37. The van der Waals surface area contributed by atoms with Crippen molar-refractivity contribution in [1.29, 1.82) is 0 Å². The molecule has 0 spiro atoms. The highest BCUT2D eigenvalue weighted by molar-refractivity contribution is 9.10. The topological polar surface area (TPSA) is 100 Å². The van der Waals surface area contributed by atoms with E-state index in [9.17, 15) is 14.4 Å². The van der Waals surface area contributed by atoms with Crippen LogP contribution in [-0.2, 0) is 9.59 Å². The number of aryl methyl sites for hydroxylation is 1. The van der Waals surface area contributed by atoms with Gasteiger partial charge >= 0.3 is 0 Å². The van der Waals surface area contributed by atoms with Crippen molar-refractivity contribution in [1.82, 2.24) is 10.3 Å². The maximum atomic E-state index is 13.5. The average Bonchev–Trinajstić information content (AvgIpc) is 3.53. The van der Waals surface area contributed by atoms with Gasteiger partial charge in [-0.3, -0.25) is 14.4 Å². The standard InChI is InChI=1S/C36H31BrN4O3S2/c1-3-32(35(44)41-36-40-31(22-45-36)25-16-18-27(37)19-17-25)46-29-11-7-10-28(21-29)38-34(43)30(20-24-14-12-23(2)13-15-24)39-33(42)26-8-5-4-6-9-26/h4-22,32H,3H2,1-2H3,(H,38,43)(H,39,42)(H,40,41,44)/b30-20-. The average molecular weight is 712 g/mol. The SMILES string of the molecule is CCC(Sc1cccc(NC(=O)/C(=C/c2ccc(C)cc2)NC(=O)c2ccccc2)c1)C(=O)Nc1nc(-c2ccc(Br)cc2)cs1. The van der Waals surface area contributed by atoms with E-state index in [1.165, 1.54) is 23.1 Å². The third kappa shape index (κ3) is 9.03. The van der Waals surface area contributed by atoms with Gasteiger partial charge in [-0.1, -0.05) is 89.1 Å². The fraction of sp³-hybridized carbons (Fsp3) is 0.111. The molecule has 5 aromatic rings. The third-order valence-corrected chi connectivity index (χ3v) is 9.47. The number of anilines is 2. The van der Waals surface area contributed by atoms with Crippen LogP contribution in [0.1, 0.15) is 34.8 Å². The number of nitrogens with zero attached hydrogens (tertiary/aromatic N) is 1. The molecular formula is C36H31BrN4O3S2. The molecule has 3 N–H and O–H groups in total. The summed E-state index contributed by atoms with van der Waals surface area (Å²) in [6, 6.07) is 31.5. The molecule has 3 amide bonds. The Hall–Kier alpha value is -4.51. The minimum absolute atomic E-state index is 0.104. The van der Waals surface area contributed by atoms with Gasteiger partial charge in [-0.2, -0.15) is 0 Å². The number of carbonyl (C=O) groups excluding carboxylic acids is 3. The van der Waals surface area contributed by atoms with Crippen molar-refractivity contribution in [3.63, 3.8) is 0 Å². The summed E-state index contributed by atoms with van der Waals surface area (Å²) in [5.41, 5.74) is 4.70. The molecule has 1 atom stereocenters. The highest BCUT2D eigenvalue weighted by Crippen LogP contribution is 2.30. The van der Waals surface area contributed by atoms with Crippen LogP contribution >= 0.6 is 39.0 Å². The van der Waals surface area contributed by atoms with E-state index in [0.29, 0.717) is 22.8 Å². The van der Waals surface area contributed by atoms with Gasteiger partial charge in [0.2, 0.25) is 5.91 Å². The first kappa shape index (κ1) is 32.9. The molecule has 0 aliphatic rings. The fourth-order valence-corrected chi connectivity index (χ4v) is 6.37. The van der Waals surface area contributed by atoms with E-state index < -0.39 is 5.91 Å². The number of amides is 3. The first-order valence-corrected chi connectivity index (χ1v) is 17.1. The van der Waals surface area contributed by atoms with Crippen LogP contribution in [0.25, 0.3) is 17.3 Å². The zero-order valence-electron chi connectivity index (χ0n) is 25.1. The highest BCUT2D eigenvalue weighted by Gasteiger charge is 2.20. The number of thiazole rings is 1. The molecule has 0 saturated heterocycles. The number of benzene rings is 4.